The Kier molecular flexibility index (Phi) is 8.17. The van der Waals surface area contributed by atoms with Crippen molar-refractivity contribution < 1.29 is 8.83 Å². The van der Waals surface area contributed by atoms with Gasteiger partial charge in [-0.1, -0.05) is 182 Å². The van der Waals surface area contributed by atoms with Crippen LogP contribution in [-0.4, -0.2) is 0 Å². The summed E-state index contributed by atoms with van der Waals surface area (Å²) < 4.78 is 13.6. The molecule has 3 heteroatoms. The first-order valence-corrected chi connectivity index (χ1v) is 20.7. The lowest BCUT2D eigenvalue weighted by atomic mass is 9.90. The van der Waals surface area contributed by atoms with E-state index in [0.717, 1.165) is 94.3 Å². The normalized spacial score (nSPS) is 11.6. The van der Waals surface area contributed by atoms with Crippen LogP contribution < -0.4 is 4.90 Å². The summed E-state index contributed by atoms with van der Waals surface area (Å²) in [5.74, 6) is 0.880. The monoisotopic (exact) mass is 779 g/mol. The van der Waals surface area contributed by atoms with Gasteiger partial charge >= 0.3 is 0 Å². The zero-order chi connectivity index (χ0) is 40.3. The van der Waals surface area contributed by atoms with Gasteiger partial charge in [-0.05, 0) is 86.4 Å². The van der Waals surface area contributed by atoms with Crippen LogP contribution in [0.2, 0.25) is 0 Å². The van der Waals surface area contributed by atoms with Gasteiger partial charge in [0.1, 0.15) is 16.9 Å². The van der Waals surface area contributed by atoms with E-state index in [1.165, 1.54) is 21.9 Å². The van der Waals surface area contributed by atoms with Crippen molar-refractivity contribution in [2.45, 2.75) is 0 Å². The van der Waals surface area contributed by atoms with Crippen LogP contribution >= 0.6 is 0 Å². The molecule has 0 saturated carbocycles. The van der Waals surface area contributed by atoms with Gasteiger partial charge in [0.15, 0.2) is 5.58 Å². The summed E-state index contributed by atoms with van der Waals surface area (Å²) in [6.45, 7) is 0. The maximum absolute atomic E-state index is 7.00. The molecule has 2 heterocycles. The molecule has 0 atom stereocenters. The Hall–Kier alpha value is -8.14. The van der Waals surface area contributed by atoms with Crippen molar-refractivity contribution >= 4 is 71.5 Å². The van der Waals surface area contributed by atoms with Crippen molar-refractivity contribution in [2.24, 2.45) is 0 Å². The van der Waals surface area contributed by atoms with E-state index in [2.05, 4.69) is 217 Å². The number of hydrogen-bond acceptors (Lipinski definition) is 3. The lowest BCUT2D eigenvalue weighted by Gasteiger charge is -2.26. The summed E-state index contributed by atoms with van der Waals surface area (Å²) in [4.78, 5) is 2.31. The summed E-state index contributed by atoms with van der Waals surface area (Å²) in [7, 11) is 0. The van der Waals surface area contributed by atoms with Gasteiger partial charge in [0.2, 0.25) is 0 Å². The SMILES string of the molecule is c1ccc(-c2ccc(N(c3ccc(-c4ccc5c6ccccc6c6oc(-c7ccccc7)c(-c7ccccc7)c6c5c4)cc3)c3cccc4c3oc3ccccc34)cc2)cc1. The molecule has 10 aromatic carbocycles. The quantitative estimate of drug-likeness (QED) is 0.151. The van der Waals surface area contributed by atoms with Gasteiger partial charge in [-0.2, -0.15) is 0 Å². The van der Waals surface area contributed by atoms with Crippen molar-refractivity contribution in [3.05, 3.63) is 224 Å². The molecule has 286 valence electrons. The average Bonchev–Trinajstić information content (AvgIpc) is 3.94. The van der Waals surface area contributed by atoms with E-state index in [1.807, 2.05) is 12.1 Å². The number of nitrogens with zero attached hydrogens (tertiary/aromatic N) is 1. The molecule has 0 spiro atoms. The number of fused-ring (bicyclic) bond motifs is 9. The van der Waals surface area contributed by atoms with Crippen LogP contribution in [0.5, 0.6) is 0 Å². The summed E-state index contributed by atoms with van der Waals surface area (Å²) in [6, 6.07) is 79.6. The molecule has 0 amide bonds. The highest BCUT2D eigenvalue weighted by Crippen LogP contribution is 2.48. The summed E-state index contributed by atoms with van der Waals surface area (Å²) in [6.07, 6.45) is 0. The van der Waals surface area contributed by atoms with E-state index in [1.54, 1.807) is 0 Å². The molecular formula is C58H37NO2. The Bertz CT molecular complexity index is 3550. The second kappa shape index (κ2) is 14.3. The molecule has 61 heavy (non-hydrogen) atoms. The van der Waals surface area contributed by atoms with Crippen LogP contribution in [0.25, 0.3) is 99.2 Å². The molecule has 0 aliphatic carbocycles. The lowest BCUT2D eigenvalue weighted by Crippen LogP contribution is -2.10. The zero-order valence-corrected chi connectivity index (χ0v) is 33.1. The third-order valence-corrected chi connectivity index (χ3v) is 12.1. The van der Waals surface area contributed by atoms with Crippen molar-refractivity contribution in [1.82, 2.24) is 0 Å². The molecule has 0 N–H and O–H groups in total. The fourth-order valence-electron chi connectivity index (χ4n) is 9.20. The second-order valence-corrected chi connectivity index (χ2v) is 15.6. The standard InChI is InChI=1S/C58H37NO2/c1-4-15-38(16-5-1)39-27-32-44(33-28-39)59(52-25-14-24-50-48-22-12-13-26-53(48)60-57(50)52)45-34-29-40(30-35-45)43-31-36-47-46-21-10-11-23-49(46)58-55(51(47)37-43)54(41-17-6-2-7-18-41)56(61-58)42-19-8-3-9-20-42/h1-37H. The second-order valence-electron chi connectivity index (χ2n) is 15.6. The Morgan fingerprint density at radius 2 is 0.787 bits per heavy atom. The number of furan rings is 2. The molecule has 12 rings (SSSR count). The molecule has 12 aromatic rings. The molecule has 0 aliphatic rings. The summed E-state index contributed by atoms with van der Waals surface area (Å²) in [5.41, 5.74) is 13.6. The highest BCUT2D eigenvalue weighted by molar-refractivity contribution is 6.29. The Morgan fingerprint density at radius 3 is 1.48 bits per heavy atom. The van der Waals surface area contributed by atoms with Gasteiger partial charge in [-0.15, -0.1) is 0 Å². The van der Waals surface area contributed by atoms with Gasteiger partial charge in [-0.3, -0.25) is 0 Å². The van der Waals surface area contributed by atoms with Crippen LogP contribution in [0.1, 0.15) is 0 Å². The molecule has 0 fully saturated rings. The average molecular weight is 780 g/mol. The molecule has 0 bridgehead atoms. The highest BCUT2D eigenvalue weighted by Gasteiger charge is 2.24. The van der Waals surface area contributed by atoms with Crippen molar-refractivity contribution in [3.8, 4) is 44.7 Å². The van der Waals surface area contributed by atoms with Crippen LogP contribution in [0, 0.1) is 0 Å². The third kappa shape index (κ3) is 5.82. The summed E-state index contributed by atoms with van der Waals surface area (Å²) in [5, 5.41) is 7.97. The zero-order valence-electron chi connectivity index (χ0n) is 33.1. The largest absolute Gasteiger partial charge is 0.455 e. The Morgan fingerprint density at radius 1 is 0.295 bits per heavy atom. The first-order valence-electron chi connectivity index (χ1n) is 20.7. The van der Waals surface area contributed by atoms with E-state index in [4.69, 9.17) is 8.83 Å². The van der Waals surface area contributed by atoms with Gasteiger partial charge in [0.05, 0.1) is 5.69 Å². The molecular weight excluding hydrogens is 743 g/mol. The number of anilines is 3. The maximum atomic E-state index is 7.00. The van der Waals surface area contributed by atoms with E-state index in [9.17, 15) is 0 Å². The fraction of sp³-hybridized carbons (Fsp3) is 0. The highest BCUT2D eigenvalue weighted by atomic mass is 16.3. The number of benzene rings is 10. The molecule has 0 saturated heterocycles. The number of para-hydroxylation sites is 2. The number of rotatable bonds is 7. The Labute approximate surface area is 353 Å². The van der Waals surface area contributed by atoms with Gasteiger partial charge in [-0.25, -0.2) is 0 Å². The maximum Gasteiger partial charge on any atom is 0.159 e. The number of hydrogen-bond donors (Lipinski definition) is 0. The topological polar surface area (TPSA) is 29.5 Å². The molecule has 0 unspecified atom stereocenters. The van der Waals surface area contributed by atoms with Gasteiger partial charge < -0.3 is 13.7 Å². The predicted octanol–water partition coefficient (Wildman–Crippen LogP) is 16.8. The predicted molar refractivity (Wildman–Crippen MR) is 255 cm³/mol. The Balaban J connectivity index is 1.03. The fourth-order valence-corrected chi connectivity index (χ4v) is 9.20. The molecule has 0 radical (unpaired) electrons. The van der Waals surface area contributed by atoms with E-state index >= 15 is 0 Å². The van der Waals surface area contributed by atoms with Crippen molar-refractivity contribution in [3.63, 3.8) is 0 Å². The minimum absolute atomic E-state index is 0.856. The van der Waals surface area contributed by atoms with E-state index in [0.29, 0.717) is 0 Å². The van der Waals surface area contributed by atoms with Gasteiger partial charge in [0.25, 0.3) is 0 Å². The van der Waals surface area contributed by atoms with Crippen molar-refractivity contribution in [1.29, 1.82) is 0 Å². The molecule has 0 aliphatic heterocycles. The van der Waals surface area contributed by atoms with Crippen LogP contribution in [0.3, 0.4) is 0 Å². The first kappa shape index (κ1) is 34.9. The summed E-state index contributed by atoms with van der Waals surface area (Å²) >= 11 is 0. The third-order valence-electron chi connectivity index (χ3n) is 12.1. The van der Waals surface area contributed by atoms with Crippen LogP contribution in [0.4, 0.5) is 17.1 Å². The molecule has 2 aromatic heterocycles. The van der Waals surface area contributed by atoms with Crippen molar-refractivity contribution in [2.75, 3.05) is 4.90 Å². The van der Waals surface area contributed by atoms with E-state index in [-0.39, 0.29) is 0 Å². The van der Waals surface area contributed by atoms with E-state index < -0.39 is 0 Å². The van der Waals surface area contributed by atoms with Gasteiger partial charge in [0, 0.05) is 44.0 Å². The first-order chi connectivity index (χ1) is 30.3. The van der Waals surface area contributed by atoms with Crippen LogP contribution in [-0.2, 0) is 0 Å². The smallest absolute Gasteiger partial charge is 0.159 e. The minimum Gasteiger partial charge on any atom is -0.455 e. The molecule has 3 nitrogen and oxygen atoms in total. The van der Waals surface area contributed by atoms with Crippen LogP contribution in [0.15, 0.2) is 233 Å². The lowest BCUT2D eigenvalue weighted by molar-refractivity contribution is 0.636. The minimum atomic E-state index is 0.856.